The summed E-state index contributed by atoms with van der Waals surface area (Å²) in [4.78, 5) is 0. The Kier molecular flexibility index (Phi) is 4.52. The van der Waals surface area contributed by atoms with Crippen LogP contribution in [0.1, 0.15) is 62.0 Å². The van der Waals surface area contributed by atoms with E-state index in [1.54, 1.807) is 0 Å². The molecule has 0 aromatic heterocycles. The summed E-state index contributed by atoms with van der Waals surface area (Å²) in [5.74, 6) is 0.581. The summed E-state index contributed by atoms with van der Waals surface area (Å²) in [6.45, 7) is 2.15. The quantitative estimate of drug-likeness (QED) is 0.673. The Morgan fingerprint density at radius 2 is 1.90 bits per heavy atom. The van der Waals surface area contributed by atoms with Gasteiger partial charge in [0.1, 0.15) is 0 Å². The lowest BCUT2D eigenvalue weighted by atomic mass is 9.92. The number of benzene rings is 1. The zero-order valence-electron chi connectivity index (χ0n) is 12.4. The van der Waals surface area contributed by atoms with Crippen LogP contribution in [0.4, 0.5) is 0 Å². The molecule has 2 unspecified atom stereocenters. The van der Waals surface area contributed by atoms with E-state index in [0.717, 1.165) is 11.8 Å². The molecule has 1 aromatic rings. The summed E-state index contributed by atoms with van der Waals surface area (Å²) in [6.07, 6.45) is 9.52. The van der Waals surface area contributed by atoms with E-state index < -0.39 is 0 Å². The number of alkyl halides is 1. The number of rotatable bonds is 4. The molecule has 20 heavy (non-hydrogen) atoms. The van der Waals surface area contributed by atoms with E-state index >= 15 is 0 Å². The molecule has 2 atom stereocenters. The van der Waals surface area contributed by atoms with Crippen LogP contribution in [0.3, 0.4) is 0 Å². The van der Waals surface area contributed by atoms with Crippen molar-refractivity contribution >= 4 is 15.9 Å². The summed E-state index contributed by atoms with van der Waals surface area (Å²) in [7, 11) is 0. The summed E-state index contributed by atoms with van der Waals surface area (Å²) < 4.78 is 6.47. The minimum absolute atomic E-state index is 0.273. The van der Waals surface area contributed by atoms with E-state index in [-0.39, 0.29) is 5.60 Å². The minimum atomic E-state index is 0.273. The van der Waals surface area contributed by atoms with Gasteiger partial charge in [0.25, 0.3) is 0 Å². The van der Waals surface area contributed by atoms with Gasteiger partial charge in [-0.25, -0.2) is 0 Å². The lowest BCUT2D eigenvalue weighted by molar-refractivity contribution is -0.0404. The molecule has 2 fully saturated rings. The van der Waals surface area contributed by atoms with E-state index in [1.165, 1.54) is 49.7 Å². The third-order valence-electron chi connectivity index (χ3n) is 5.14. The van der Waals surface area contributed by atoms with Crippen molar-refractivity contribution in [3.05, 3.63) is 35.4 Å². The molecule has 1 aromatic carbocycles. The van der Waals surface area contributed by atoms with Crippen LogP contribution in [-0.4, -0.2) is 17.0 Å². The molecule has 1 heterocycles. The highest BCUT2D eigenvalue weighted by atomic mass is 79.9. The van der Waals surface area contributed by atoms with Crippen LogP contribution in [0.2, 0.25) is 0 Å². The van der Waals surface area contributed by atoms with E-state index in [9.17, 15) is 0 Å². The zero-order chi connectivity index (χ0) is 14.0. The molecule has 1 aliphatic carbocycles. The fourth-order valence-electron chi connectivity index (χ4n) is 3.89. The van der Waals surface area contributed by atoms with Gasteiger partial charge in [-0.3, -0.25) is 0 Å². The molecule has 1 nitrogen and oxygen atoms in total. The molecular formula is C18H25BrO. The highest BCUT2D eigenvalue weighted by Gasteiger charge is 2.42. The van der Waals surface area contributed by atoms with Gasteiger partial charge in [-0.1, -0.05) is 58.6 Å². The van der Waals surface area contributed by atoms with Gasteiger partial charge >= 0.3 is 0 Å². The topological polar surface area (TPSA) is 9.23 Å². The molecule has 0 bridgehead atoms. The first-order chi connectivity index (χ1) is 9.71. The highest BCUT2D eigenvalue weighted by Crippen LogP contribution is 2.45. The lowest BCUT2D eigenvalue weighted by Gasteiger charge is -2.25. The van der Waals surface area contributed by atoms with Gasteiger partial charge < -0.3 is 4.74 Å². The molecule has 0 radical (unpaired) electrons. The molecule has 1 spiro atoms. The van der Waals surface area contributed by atoms with Crippen LogP contribution in [0.5, 0.6) is 0 Å². The summed E-state index contributed by atoms with van der Waals surface area (Å²) in [5.41, 5.74) is 3.06. The van der Waals surface area contributed by atoms with Crippen molar-refractivity contribution in [2.24, 2.45) is 0 Å². The van der Waals surface area contributed by atoms with Gasteiger partial charge in [-0.15, -0.1) is 0 Å². The second kappa shape index (κ2) is 6.19. The van der Waals surface area contributed by atoms with Crippen LogP contribution in [0.25, 0.3) is 0 Å². The molecule has 1 saturated carbocycles. The van der Waals surface area contributed by atoms with Crippen molar-refractivity contribution in [2.75, 3.05) is 5.33 Å². The number of aryl methyl sites for hydroxylation is 1. The van der Waals surface area contributed by atoms with Crippen molar-refractivity contribution < 1.29 is 4.74 Å². The Bertz CT molecular complexity index is 433. The maximum Gasteiger partial charge on any atom is 0.0687 e. The van der Waals surface area contributed by atoms with Crippen molar-refractivity contribution in [3.63, 3.8) is 0 Å². The third-order valence-corrected chi connectivity index (χ3v) is 5.92. The Labute approximate surface area is 131 Å². The lowest BCUT2D eigenvalue weighted by Crippen LogP contribution is -2.25. The van der Waals surface area contributed by atoms with Gasteiger partial charge in [-0.2, -0.15) is 0 Å². The highest BCUT2D eigenvalue weighted by molar-refractivity contribution is 9.09. The van der Waals surface area contributed by atoms with Crippen molar-refractivity contribution in [2.45, 2.75) is 69.5 Å². The van der Waals surface area contributed by atoms with Crippen molar-refractivity contribution in [1.82, 2.24) is 0 Å². The van der Waals surface area contributed by atoms with Crippen molar-refractivity contribution in [3.8, 4) is 0 Å². The maximum absolute atomic E-state index is 6.47. The van der Waals surface area contributed by atoms with Crippen LogP contribution in [0.15, 0.2) is 24.3 Å². The number of ether oxygens (including phenoxy) is 1. The fraction of sp³-hybridized carbons (Fsp3) is 0.667. The first-order valence-electron chi connectivity index (χ1n) is 8.01. The minimum Gasteiger partial charge on any atom is -0.372 e. The maximum atomic E-state index is 6.47. The fourth-order valence-corrected chi connectivity index (χ4v) is 4.53. The van der Waals surface area contributed by atoms with Gasteiger partial charge in [0.05, 0.1) is 11.7 Å². The Morgan fingerprint density at radius 3 is 2.55 bits per heavy atom. The van der Waals surface area contributed by atoms with Crippen LogP contribution in [0, 0.1) is 6.92 Å². The smallest absolute Gasteiger partial charge is 0.0687 e. The molecule has 1 saturated heterocycles. The average Bonchev–Trinajstić information content (AvgIpc) is 3.08. The molecule has 110 valence electrons. The number of hydrogen-bond donors (Lipinski definition) is 0. The first kappa shape index (κ1) is 14.6. The van der Waals surface area contributed by atoms with Gasteiger partial charge in [-0.05, 0) is 50.5 Å². The SMILES string of the molecule is Cc1ccc(C(CBr)CC2CCC3(CCCC3)O2)cc1. The first-order valence-corrected chi connectivity index (χ1v) is 9.13. The predicted octanol–water partition coefficient (Wildman–Crippen LogP) is 5.36. The molecule has 0 amide bonds. The van der Waals surface area contributed by atoms with Gasteiger partial charge in [0.15, 0.2) is 0 Å². The van der Waals surface area contributed by atoms with E-state index in [4.69, 9.17) is 4.74 Å². The third kappa shape index (κ3) is 3.12. The van der Waals surface area contributed by atoms with Crippen molar-refractivity contribution in [1.29, 1.82) is 0 Å². The van der Waals surface area contributed by atoms with Crippen LogP contribution in [-0.2, 0) is 4.74 Å². The Morgan fingerprint density at radius 1 is 1.20 bits per heavy atom. The van der Waals surface area contributed by atoms with Gasteiger partial charge in [0.2, 0.25) is 0 Å². The summed E-state index contributed by atoms with van der Waals surface area (Å²) >= 11 is 3.70. The van der Waals surface area contributed by atoms with E-state index in [2.05, 4.69) is 47.1 Å². The number of halogens is 1. The molecule has 2 heteroatoms. The normalized spacial score (nSPS) is 26.2. The largest absolute Gasteiger partial charge is 0.372 e. The molecule has 1 aliphatic heterocycles. The molecule has 2 aliphatic rings. The van der Waals surface area contributed by atoms with Gasteiger partial charge in [0, 0.05) is 5.33 Å². The second-order valence-electron chi connectivity index (χ2n) is 6.67. The van der Waals surface area contributed by atoms with Crippen LogP contribution >= 0.6 is 15.9 Å². The standard InChI is InChI=1S/C18H25BrO/c1-14-4-6-15(7-5-14)16(13-19)12-17-8-11-18(20-17)9-2-3-10-18/h4-7,16-17H,2-3,8-13H2,1H3. The molecule has 0 N–H and O–H groups in total. The monoisotopic (exact) mass is 336 g/mol. The Hall–Kier alpha value is -0.340. The predicted molar refractivity (Wildman–Crippen MR) is 87.6 cm³/mol. The summed E-state index contributed by atoms with van der Waals surface area (Å²) in [5, 5.41) is 1.03. The van der Waals surface area contributed by atoms with E-state index in [1.807, 2.05) is 0 Å². The Balaban J connectivity index is 1.62. The zero-order valence-corrected chi connectivity index (χ0v) is 14.0. The number of hydrogen-bond acceptors (Lipinski definition) is 1. The average molecular weight is 337 g/mol. The molecule has 3 rings (SSSR count). The molecular weight excluding hydrogens is 312 g/mol. The van der Waals surface area contributed by atoms with E-state index in [0.29, 0.717) is 12.0 Å². The second-order valence-corrected chi connectivity index (χ2v) is 7.31. The summed E-state index contributed by atoms with van der Waals surface area (Å²) in [6, 6.07) is 9.00. The van der Waals surface area contributed by atoms with Crippen LogP contribution < -0.4 is 0 Å².